The predicted molar refractivity (Wildman–Crippen MR) is 215 cm³/mol. The van der Waals surface area contributed by atoms with Gasteiger partial charge in [0.05, 0.1) is 23.1 Å². The molecular weight excluding hydrogens is 912 g/mol. The van der Waals surface area contributed by atoms with E-state index in [0.717, 1.165) is 39.1 Å². The first-order valence-corrected chi connectivity index (χ1v) is 25.3. The average molecular weight is 956 g/mol. The van der Waals surface area contributed by atoms with Gasteiger partial charge in [0.25, 0.3) is 0 Å². The Hall–Kier alpha value is -4.57. The normalized spacial score (nSPS) is 11.7. The summed E-state index contributed by atoms with van der Waals surface area (Å²) < 4.78 is 23.0. The Morgan fingerprint density at radius 3 is 2.15 bits per heavy atom. The molecule has 0 saturated carbocycles. The Labute approximate surface area is 332 Å². The van der Waals surface area contributed by atoms with E-state index in [0.29, 0.717) is 34.3 Å². The Bertz CT molecular complexity index is 2560. The van der Waals surface area contributed by atoms with Crippen LogP contribution in [0.5, 0.6) is 0 Å². The van der Waals surface area contributed by atoms with Gasteiger partial charge in [-0.25, -0.2) is 0 Å². The topological polar surface area (TPSA) is 82.5 Å². The average Bonchev–Trinajstić information content (AvgIpc) is 3.68. The Morgan fingerprint density at radius 1 is 0.778 bits per heavy atom. The zero-order valence-corrected chi connectivity index (χ0v) is 36.5. The summed E-state index contributed by atoms with van der Waals surface area (Å²) >= 11 is -1.73. The van der Waals surface area contributed by atoms with E-state index in [1.807, 2.05) is 37.5 Å². The molecule has 0 bridgehead atoms. The van der Waals surface area contributed by atoms with Crippen molar-refractivity contribution in [3.8, 4) is 28.3 Å². The molecule has 0 atom stereocenters. The number of pyridine rings is 4. The first-order valence-electron chi connectivity index (χ1n) is 18.0. The fourth-order valence-corrected chi connectivity index (χ4v) is 8.67. The first-order chi connectivity index (χ1) is 25.3. The molecule has 8 aromatic rings. The third kappa shape index (κ3) is 7.81. The number of furan rings is 1. The summed E-state index contributed by atoms with van der Waals surface area (Å²) in [7, 11) is 0. The number of hydrogen-bond donors (Lipinski definition) is 0. The van der Waals surface area contributed by atoms with Crippen LogP contribution < -0.4 is 4.40 Å². The summed E-state index contributed by atoms with van der Waals surface area (Å²) in [5.74, 6) is 7.86. The van der Waals surface area contributed by atoms with Gasteiger partial charge in [-0.1, -0.05) is 51.5 Å². The molecule has 0 aliphatic rings. The number of aryl methyl sites for hydroxylation is 2. The first kappa shape index (κ1) is 39.1. The van der Waals surface area contributed by atoms with Crippen molar-refractivity contribution >= 4 is 50.9 Å². The van der Waals surface area contributed by atoms with Crippen LogP contribution in [0.1, 0.15) is 61.9 Å². The molecule has 8 rings (SSSR count). The minimum atomic E-state index is -1.73. The second kappa shape index (κ2) is 15.7. The summed E-state index contributed by atoms with van der Waals surface area (Å²) in [5, 5.41) is 1.43. The van der Waals surface area contributed by atoms with Gasteiger partial charge in [0.15, 0.2) is 0 Å². The Morgan fingerprint density at radius 2 is 1.52 bits per heavy atom. The summed E-state index contributed by atoms with van der Waals surface area (Å²) in [6.45, 7) is 12.8. The van der Waals surface area contributed by atoms with Crippen molar-refractivity contribution in [3.63, 3.8) is 0 Å². The Balaban J connectivity index is 0.000000233. The predicted octanol–water partition coefficient (Wildman–Crippen LogP) is 10.7. The monoisotopic (exact) mass is 957 g/mol. The van der Waals surface area contributed by atoms with Crippen molar-refractivity contribution in [2.45, 2.75) is 70.6 Å². The van der Waals surface area contributed by atoms with Crippen LogP contribution in [0.15, 0.2) is 89.6 Å². The fourth-order valence-electron chi connectivity index (χ4n) is 6.50. The maximum Gasteiger partial charge on any atom is 0.220 e. The molecule has 0 unspecified atom stereocenters. The molecule has 6 aromatic heterocycles. The maximum atomic E-state index is 13.7. The van der Waals surface area contributed by atoms with Gasteiger partial charge in [-0.15, -0.1) is 6.07 Å². The molecule has 10 heteroatoms. The minimum absolute atomic E-state index is 0. The van der Waals surface area contributed by atoms with Crippen molar-refractivity contribution in [1.29, 1.82) is 0 Å². The van der Waals surface area contributed by atoms with E-state index in [1.165, 1.54) is 27.2 Å². The van der Waals surface area contributed by atoms with Crippen LogP contribution in [0.2, 0.25) is 17.3 Å². The van der Waals surface area contributed by atoms with Crippen molar-refractivity contribution < 1.29 is 28.9 Å². The summed E-state index contributed by atoms with van der Waals surface area (Å²) in [4.78, 5) is 22.5. The van der Waals surface area contributed by atoms with Crippen LogP contribution in [0.4, 0.5) is 4.39 Å². The molecule has 6 heterocycles. The maximum absolute atomic E-state index is 13.7. The van der Waals surface area contributed by atoms with Crippen LogP contribution in [0, 0.1) is 32.1 Å². The Kier molecular flexibility index (Phi) is 11.3. The van der Waals surface area contributed by atoms with Gasteiger partial charge in [0, 0.05) is 36.9 Å². The van der Waals surface area contributed by atoms with Crippen LogP contribution >= 0.6 is 0 Å². The fraction of sp³-hybridized carbons (Fsp3) is 0.250. The summed E-state index contributed by atoms with van der Waals surface area (Å²) in [6.07, 6.45) is 7.05. The van der Waals surface area contributed by atoms with E-state index < -0.39 is 19.2 Å². The molecule has 277 valence electrons. The van der Waals surface area contributed by atoms with Gasteiger partial charge in [0.1, 0.15) is 5.71 Å². The molecule has 2 aromatic carbocycles. The molecule has 0 fully saturated rings. The molecule has 54 heavy (non-hydrogen) atoms. The second-order valence-corrected chi connectivity index (χ2v) is 25.9. The van der Waals surface area contributed by atoms with E-state index in [4.69, 9.17) is 9.40 Å². The molecule has 0 aliphatic carbocycles. The third-order valence-corrected chi connectivity index (χ3v) is 13.7. The number of halogens is 1. The molecule has 0 amide bonds. The standard InChI is InChI=1S/C29H25FN5O.C15H18GeN.Ir/c1-15(2)19-7-6-8-20(16(3)4)26(19)35-24-14-31-17(5)11-23(24)33-27(35)18-12-22-21-9-10-25(30)34-29(21)36-28(22)32-13-18;1-12-5-7-13(8-6-12)15-10-9-14(11-17-15)16(2,3)4;/h6-12,14-16H,1-5H3;5-7,9-11H,1-4H3;/q2*-1;. The number of imidazole rings is 1. The smallest absolute Gasteiger partial charge is 0.220 e. The van der Waals surface area contributed by atoms with Crippen molar-refractivity contribution in [2.24, 2.45) is 0 Å². The largest absolute Gasteiger partial charge is 0.467 e. The number of fused-ring (bicyclic) bond motifs is 4. The molecule has 0 saturated heterocycles. The quantitative estimate of drug-likeness (QED) is 0.0938. The minimum Gasteiger partial charge on any atom is -0.467 e. The van der Waals surface area contributed by atoms with E-state index in [-0.39, 0.29) is 25.8 Å². The van der Waals surface area contributed by atoms with E-state index >= 15 is 0 Å². The van der Waals surface area contributed by atoms with Crippen LogP contribution in [0.3, 0.4) is 0 Å². The third-order valence-electron chi connectivity index (χ3n) is 9.47. The van der Waals surface area contributed by atoms with E-state index in [2.05, 4.69) is 131 Å². The van der Waals surface area contributed by atoms with Gasteiger partial charge in [-0.2, -0.15) is 9.37 Å². The molecule has 1 radical (unpaired) electrons. The van der Waals surface area contributed by atoms with Gasteiger partial charge in [0.2, 0.25) is 11.7 Å². The van der Waals surface area contributed by atoms with Crippen LogP contribution in [0.25, 0.3) is 61.6 Å². The van der Waals surface area contributed by atoms with Gasteiger partial charge in [-0.05, 0) is 59.7 Å². The molecule has 0 N–H and O–H groups in total. The van der Waals surface area contributed by atoms with Crippen molar-refractivity contribution in [2.75, 3.05) is 0 Å². The van der Waals surface area contributed by atoms with Gasteiger partial charge in [-0.3, -0.25) is 9.97 Å². The number of rotatable bonds is 6. The molecular formula is C44H43FGeIrN6O-2. The van der Waals surface area contributed by atoms with E-state index in [1.54, 1.807) is 6.07 Å². The SMILES string of the molecule is Cc1c[c-]c(-c2cc[c]([Ge]([CH3])([CH3])[CH3])cn2)cc1.Cc1cc2nc(-c3[c-]nc4oc5nc(F)ccc5c4c3)n(-c3c(C(C)C)cccc3C(C)C)c2cn1.[Ir]. The number of aromatic nitrogens is 6. The van der Waals surface area contributed by atoms with E-state index in [9.17, 15) is 4.39 Å². The molecule has 0 spiro atoms. The zero-order chi connectivity index (χ0) is 37.6. The van der Waals surface area contributed by atoms with Crippen molar-refractivity contribution in [3.05, 3.63) is 126 Å². The van der Waals surface area contributed by atoms with Gasteiger partial charge < -0.3 is 14.0 Å². The summed E-state index contributed by atoms with van der Waals surface area (Å²) in [5.41, 5.74) is 10.8. The number of nitrogens with zero attached hydrogens (tertiary/aromatic N) is 6. The second-order valence-electron chi connectivity index (χ2n) is 15.2. The van der Waals surface area contributed by atoms with Gasteiger partial charge >= 0.3 is 106 Å². The van der Waals surface area contributed by atoms with Crippen LogP contribution in [-0.4, -0.2) is 42.8 Å². The number of benzene rings is 2. The number of hydrogen-bond acceptors (Lipinski definition) is 6. The van der Waals surface area contributed by atoms with Crippen LogP contribution in [-0.2, 0) is 20.1 Å². The zero-order valence-electron chi connectivity index (χ0n) is 32.0. The number of para-hydroxylation sites is 1. The molecule has 0 aliphatic heterocycles. The molecule has 7 nitrogen and oxygen atoms in total. The summed E-state index contributed by atoms with van der Waals surface area (Å²) in [6, 6.07) is 27.2. The van der Waals surface area contributed by atoms with Crippen molar-refractivity contribution in [1.82, 2.24) is 29.5 Å².